The first-order valence-electron chi connectivity index (χ1n) is 5.31. The minimum Gasteiger partial charge on any atom is -0.356 e. The van der Waals surface area contributed by atoms with E-state index in [9.17, 15) is 0 Å². The molecule has 1 nitrogen and oxygen atoms in total. The van der Waals surface area contributed by atoms with Gasteiger partial charge in [0.05, 0.1) is 0 Å². The van der Waals surface area contributed by atoms with E-state index in [0.717, 1.165) is 0 Å². The van der Waals surface area contributed by atoms with Crippen molar-refractivity contribution in [3.63, 3.8) is 0 Å². The molecule has 0 fully saturated rings. The number of para-hydroxylation sites is 2. The first kappa shape index (κ1) is 8.74. The van der Waals surface area contributed by atoms with Crippen LogP contribution in [-0.2, 0) is 0 Å². The number of anilines is 2. The van der Waals surface area contributed by atoms with E-state index >= 15 is 0 Å². The molecule has 0 aromatic heterocycles. The lowest BCUT2D eigenvalue weighted by molar-refractivity contribution is 1.56. The van der Waals surface area contributed by atoms with Crippen LogP contribution in [0.25, 0.3) is 0 Å². The summed E-state index contributed by atoms with van der Waals surface area (Å²) < 4.78 is 0. The lowest BCUT2D eigenvalue weighted by Crippen LogP contribution is -2.45. The van der Waals surface area contributed by atoms with Gasteiger partial charge in [0.25, 0.3) is 0 Å². The lowest BCUT2D eigenvalue weighted by atomic mass is 10.2. The average molecular weight is 211 g/mol. The van der Waals surface area contributed by atoms with Crippen LogP contribution in [0.1, 0.15) is 0 Å². The molecule has 0 unspecified atom stereocenters. The predicted octanol–water partition coefficient (Wildman–Crippen LogP) is 1.71. The van der Waals surface area contributed by atoms with Crippen LogP contribution in [0, 0.1) is 0 Å². The molecule has 3 rings (SSSR count). The molecule has 1 aliphatic rings. The summed E-state index contributed by atoms with van der Waals surface area (Å²) in [6, 6.07) is 17.3. The number of nitrogens with one attached hydrogen (secondary N) is 1. The summed E-state index contributed by atoms with van der Waals surface area (Å²) in [5.74, 6) is 0. The third kappa shape index (κ3) is 1.29. The molecule has 0 aliphatic carbocycles. The SMILES string of the molecule is C[SiH]1c2ccccc2Nc2ccccc21. The first-order chi connectivity index (χ1) is 7.36. The Balaban J connectivity index is 2.20. The van der Waals surface area contributed by atoms with Gasteiger partial charge in [-0.15, -0.1) is 0 Å². The molecule has 0 radical (unpaired) electrons. The zero-order chi connectivity index (χ0) is 10.3. The van der Waals surface area contributed by atoms with Gasteiger partial charge >= 0.3 is 0 Å². The number of fused-ring (bicyclic) bond motifs is 2. The fourth-order valence-corrected chi connectivity index (χ4v) is 4.69. The van der Waals surface area contributed by atoms with Gasteiger partial charge in [-0.05, 0) is 22.5 Å². The monoisotopic (exact) mass is 211 g/mol. The van der Waals surface area contributed by atoms with Gasteiger partial charge in [0.1, 0.15) is 8.80 Å². The maximum absolute atomic E-state index is 3.51. The molecular formula is C13H13NSi. The summed E-state index contributed by atoms with van der Waals surface area (Å²) in [6.45, 7) is 2.40. The quantitative estimate of drug-likeness (QED) is 0.654. The van der Waals surface area contributed by atoms with E-state index in [2.05, 4.69) is 60.4 Å². The van der Waals surface area contributed by atoms with Crippen LogP contribution in [0.4, 0.5) is 11.4 Å². The lowest BCUT2D eigenvalue weighted by Gasteiger charge is -2.25. The smallest absolute Gasteiger partial charge is 0.105 e. The van der Waals surface area contributed by atoms with Crippen molar-refractivity contribution in [3.8, 4) is 0 Å². The Morgan fingerprint density at radius 2 is 1.27 bits per heavy atom. The van der Waals surface area contributed by atoms with Crippen molar-refractivity contribution in [2.24, 2.45) is 0 Å². The number of benzene rings is 2. The van der Waals surface area contributed by atoms with Gasteiger partial charge in [0, 0.05) is 11.4 Å². The number of hydrogen-bond donors (Lipinski definition) is 1. The van der Waals surface area contributed by atoms with E-state index in [4.69, 9.17) is 0 Å². The molecule has 15 heavy (non-hydrogen) atoms. The van der Waals surface area contributed by atoms with Gasteiger partial charge in [0.2, 0.25) is 0 Å². The summed E-state index contributed by atoms with van der Waals surface area (Å²) in [5, 5.41) is 6.55. The molecule has 2 aromatic carbocycles. The third-order valence-electron chi connectivity index (χ3n) is 3.12. The molecular weight excluding hydrogens is 198 g/mol. The number of hydrogen-bond acceptors (Lipinski definition) is 1. The zero-order valence-electron chi connectivity index (χ0n) is 8.70. The van der Waals surface area contributed by atoms with E-state index in [0.29, 0.717) is 0 Å². The van der Waals surface area contributed by atoms with Crippen molar-refractivity contribution in [3.05, 3.63) is 48.5 Å². The van der Waals surface area contributed by atoms with Crippen molar-refractivity contribution in [1.29, 1.82) is 0 Å². The molecule has 1 heterocycles. The summed E-state index contributed by atoms with van der Waals surface area (Å²) >= 11 is 0. The summed E-state index contributed by atoms with van der Waals surface area (Å²) in [4.78, 5) is 0. The molecule has 74 valence electrons. The van der Waals surface area contributed by atoms with Crippen LogP contribution in [0.3, 0.4) is 0 Å². The third-order valence-corrected chi connectivity index (χ3v) is 6.00. The highest BCUT2D eigenvalue weighted by Gasteiger charge is 2.21. The fraction of sp³-hybridized carbons (Fsp3) is 0.0769. The highest BCUT2D eigenvalue weighted by molar-refractivity contribution is 6.87. The van der Waals surface area contributed by atoms with E-state index in [1.807, 2.05) is 0 Å². The van der Waals surface area contributed by atoms with Gasteiger partial charge in [0.15, 0.2) is 0 Å². The molecule has 0 saturated carbocycles. The van der Waals surface area contributed by atoms with Crippen molar-refractivity contribution >= 4 is 30.5 Å². The van der Waals surface area contributed by atoms with E-state index in [1.54, 1.807) is 0 Å². The topological polar surface area (TPSA) is 12.0 Å². The van der Waals surface area contributed by atoms with Crippen LogP contribution >= 0.6 is 0 Å². The maximum Gasteiger partial charge on any atom is 0.105 e. The van der Waals surface area contributed by atoms with E-state index in [1.165, 1.54) is 21.7 Å². The van der Waals surface area contributed by atoms with Gasteiger partial charge in [-0.2, -0.15) is 0 Å². The average Bonchev–Trinajstić information content (AvgIpc) is 2.30. The standard InChI is InChI=1S/C13H13NSi/c1-15-12-8-4-2-6-10(12)14-11-7-3-5-9-13(11)15/h2-9,14-15H,1H3. The van der Waals surface area contributed by atoms with E-state index < -0.39 is 8.80 Å². The second-order valence-electron chi connectivity index (χ2n) is 4.02. The normalized spacial score (nSPS) is 13.9. The van der Waals surface area contributed by atoms with Gasteiger partial charge < -0.3 is 5.32 Å². The Bertz CT molecular complexity index is 462. The molecule has 0 atom stereocenters. The molecule has 0 amide bonds. The highest BCUT2D eigenvalue weighted by Crippen LogP contribution is 2.18. The highest BCUT2D eigenvalue weighted by atomic mass is 28.3. The van der Waals surface area contributed by atoms with Gasteiger partial charge in [-0.25, -0.2) is 0 Å². The Kier molecular flexibility index (Phi) is 1.89. The minimum absolute atomic E-state index is 0.952. The molecule has 2 heteroatoms. The molecule has 0 bridgehead atoms. The van der Waals surface area contributed by atoms with Crippen molar-refractivity contribution in [2.45, 2.75) is 6.55 Å². The van der Waals surface area contributed by atoms with Crippen LogP contribution in [-0.4, -0.2) is 8.80 Å². The second-order valence-corrected chi connectivity index (χ2v) is 6.71. The van der Waals surface area contributed by atoms with Crippen LogP contribution in [0.2, 0.25) is 6.55 Å². The molecule has 2 aromatic rings. The van der Waals surface area contributed by atoms with Crippen molar-refractivity contribution in [1.82, 2.24) is 0 Å². The van der Waals surface area contributed by atoms with Gasteiger partial charge in [-0.3, -0.25) is 0 Å². The van der Waals surface area contributed by atoms with Crippen LogP contribution in [0.15, 0.2) is 48.5 Å². The summed E-state index contributed by atoms with van der Waals surface area (Å²) in [5.41, 5.74) is 2.60. The molecule has 0 saturated heterocycles. The zero-order valence-corrected chi connectivity index (χ0v) is 9.85. The Morgan fingerprint density at radius 1 is 0.800 bits per heavy atom. The Hall–Kier alpha value is -1.54. The molecule has 0 spiro atoms. The second kappa shape index (κ2) is 3.24. The number of rotatable bonds is 0. The fourth-order valence-electron chi connectivity index (χ4n) is 2.29. The summed E-state index contributed by atoms with van der Waals surface area (Å²) in [7, 11) is -0.952. The Morgan fingerprint density at radius 3 is 1.80 bits per heavy atom. The summed E-state index contributed by atoms with van der Waals surface area (Å²) in [6.07, 6.45) is 0. The Labute approximate surface area is 91.4 Å². The van der Waals surface area contributed by atoms with Crippen LogP contribution in [0.5, 0.6) is 0 Å². The molecule has 1 aliphatic heterocycles. The van der Waals surface area contributed by atoms with Gasteiger partial charge in [-0.1, -0.05) is 42.9 Å². The van der Waals surface area contributed by atoms with Crippen LogP contribution < -0.4 is 15.7 Å². The minimum atomic E-state index is -0.952. The van der Waals surface area contributed by atoms with Crippen molar-refractivity contribution in [2.75, 3.05) is 5.32 Å². The first-order valence-corrected chi connectivity index (χ1v) is 7.62. The predicted molar refractivity (Wildman–Crippen MR) is 68.4 cm³/mol. The van der Waals surface area contributed by atoms with Crippen molar-refractivity contribution < 1.29 is 0 Å². The van der Waals surface area contributed by atoms with E-state index in [-0.39, 0.29) is 0 Å². The maximum atomic E-state index is 3.51. The molecule has 1 N–H and O–H groups in total. The largest absolute Gasteiger partial charge is 0.356 e.